The maximum Gasteiger partial charge on any atom is 0.305 e. The number of aryl methyl sites for hydroxylation is 2. The van der Waals surface area contributed by atoms with Crippen LogP contribution in [0.2, 0.25) is 0 Å². The number of pyridine rings is 1. The first-order valence-electron chi connectivity index (χ1n) is 7.13. The van der Waals surface area contributed by atoms with E-state index in [9.17, 15) is 4.79 Å². The second-order valence-electron chi connectivity index (χ2n) is 5.28. The number of thiocarbonyl (C=S) groups is 1. The molecule has 0 fully saturated rings. The molecule has 1 heterocycles. The number of carbonyl (C=O) groups is 1. The fourth-order valence-corrected chi connectivity index (χ4v) is 2.75. The van der Waals surface area contributed by atoms with Crippen LogP contribution >= 0.6 is 12.2 Å². The molecule has 2 N–H and O–H groups in total. The first kappa shape index (κ1) is 15.7. The Morgan fingerprint density at radius 2 is 2.29 bits per heavy atom. The van der Waals surface area contributed by atoms with Gasteiger partial charge in [0, 0.05) is 25.7 Å². The van der Waals surface area contributed by atoms with E-state index in [1.165, 1.54) is 12.7 Å². The zero-order chi connectivity index (χ0) is 15.4. The zero-order valence-corrected chi connectivity index (χ0v) is 13.3. The molecule has 2 rings (SSSR count). The van der Waals surface area contributed by atoms with Gasteiger partial charge in [-0.15, -0.1) is 0 Å². The summed E-state index contributed by atoms with van der Waals surface area (Å²) < 4.78 is 4.65. The largest absolute Gasteiger partial charge is 0.469 e. The van der Waals surface area contributed by atoms with Crippen LogP contribution in [0.1, 0.15) is 36.1 Å². The van der Waals surface area contributed by atoms with Crippen LogP contribution in [0, 0.1) is 0 Å². The number of methoxy groups -OCH3 is 1. The molecule has 0 aromatic carbocycles. The van der Waals surface area contributed by atoms with Crippen molar-refractivity contribution in [3.05, 3.63) is 22.9 Å². The summed E-state index contributed by atoms with van der Waals surface area (Å²) in [5.74, 6) is 0.618. The number of aromatic nitrogens is 1. The predicted octanol–water partition coefficient (Wildman–Crippen LogP) is 1.59. The minimum absolute atomic E-state index is 0.195. The predicted molar refractivity (Wildman–Crippen MR) is 86.7 cm³/mol. The highest BCUT2D eigenvalue weighted by Gasteiger charge is 2.19. The molecule has 0 amide bonds. The van der Waals surface area contributed by atoms with Gasteiger partial charge in [-0.05, 0) is 37.3 Å². The van der Waals surface area contributed by atoms with E-state index in [2.05, 4.69) is 10.8 Å². The molecule has 5 nitrogen and oxygen atoms in total. The number of anilines is 1. The summed E-state index contributed by atoms with van der Waals surface area (Å²) in [6, 6.07) is 2.07. The van der Waals surface area contributed by atoms with Crippen LogP contribution in [-0.4, -0.2) is 36.6 Å². The lowest BCUT2D eigenvalue weighted by molar-refractivity contribution is -0.140. The van der Waals surface area contributed by atoms with Gasteiger partial charge in [0.2, 0.25) is 0 Å². The lowest BCUT2D eigenvalue weighted by Crippen LogP contribution is -2.25. The summed E-state index contributed by atoms with van der Waals surface area (Å²) in [6.45, 7) is 0.705. The molecule has 114 valence electrons. The Bertz CT molecular complexity index is 560. The van der Waals surface area contributed by atoms with Crippen LogP contribution in [0.5, 0.6) is 0 Å². The summed E-state index contributed by atoms with van der Waals surface area (Å²) in [5, 5.41) is 0. The molecule has 0 saturated carbocycles. The van der Waals surface area contributed by atoms with Gasteiger partial charge in [0.15, 0.2) is 0 Å². The summed E-state index contributed by atoms with van der Waals surface area (Å²) in [6.07, 6.45) is 4.29. The monoisotopic (exact) mass is 307 g/mol. The first-order chi connectivity index (χ1) is 10.0. The van der Waals surface area contributed by atoms with Crippen molar-refractivity contribution in [1.29, 1.82) is 0 Å². The van der Waals surface area contributed by atoms with Crippen molar-refractivity contribution < 1.29 is 9.53 Å². The molecule has 0 unspecified atom stereocenters. The maximum atomic E-state index is 11.2. The van der Waals surface area contributed by atoms with E-state index in [0.29, 0.717) is 24.4 Å². The summed E-state index contributed by atoms with van der Waals surface area (Å²) in [5.41, 5.74) is 9.06. The van der Waals surface area contributed by atoms with Crippen LogP contribution in [0.4, 0.5) is 5.82 Å². The molecular weight excluding hydrogens is 286 g/mol. The normalized spacial score (nSPS) is 12.9. The Kier molecular flexibility index (Phi) is 5.12. The van der Waals surface area contributed by atoms with E-state index >= 15 is 0 Å². The Morgan fingerprint density at radius 1 is 1.52 bits per heavy atom. The van der Waals surface area contributed by atoms with Crippen LogP contribution in [-0.2, 0) is 22.4 Å². The molecule has 0 radical (unpaired) electrons. The third-order valence-electron chi connectivity index (χ3n) is 3.76. The number of nitrogens with two attached hydrogens (primary N) is 1. The van der Waals surface area contributed by atoms with Gasteiger partial charge in [-0.2, -0.15) is 0 Å². The van der Waals surface area contributed by atoms with Crippen LogP contribution in [0.25, 0.3) is 0 Å². The van der Waals surface area contributed by atoms with Gasteiger partial charge in [-0.1, -0.05) is 12.2 Å². The van der Waals surface area contributed by atoms with E-state index in [0.717, 1.165) is 36.3 Å². The lowest BCUT2D eigenvalue weighted by atomic mass is 10.1. The summed E-state index contributed by atoms with van der Waals surface area (Å²) in [7, 11) is 3.35. The Hall–Kier alpha value is -1.69. The molecule has 0 aliphatic heterocycles. The molecule has 0 spiro atoms. The van der Waals surface area contributed by atoms with Crippen molar-refractivity contribution in [3.8, 4) is 0 Å². The number of hydrogen-bond donors (Lipinski definition) is 1. The number of ether oxygens (including phenoxy) is 1. The maximum absolute atomic E-state index is 11.2. The quantitative estimate of drug-likeness (QED) is 0.636. The molecule has 0 saturated heterocycles. The number of nitrogens with zero attached hydrogens (tertiary/aromatic N) is 2. The van der Waals surface area contributed by atoms with E-state index in [-0.39, 0.29) is 5.97 Å². The molecule has 0 atom stereocenters. The fourth-order valence-electron chi connectivity index (χ4n) is 2.60. The van der Waals surface area contributed by atoms with Crippen molar-refractivity contribution in [2.45, 2.75) is 32.1 Å². The molecule has 1 aromatic heterocycles. The second kappa shape index (κ2) is 6.85. The lowest BCUT2D eigenvalue weighted by Gasteiger charge is -2.22. The number of carbonyl (C=O) groups excluding carboxylic acids is 1. The van der Waals surface area contributed by atoms with Gasteiger partial charge in [-0.3, -0.25) is 4.79 Å². The Labute approximate surface area is 130 Å². The number of fused-ring (bicyclic) bond motifs is 1. The highest BCUT2D eigenvalue weighted by molar-refractivity contribution is 7.80. The van der Waals surface area contributed by atoms with Gasteiger partial charge >= 0.3 is 5.97 Å². The van der Waals surface area contributed by atoms with Crippen molar-refractivity contribution in [1.82, 2.24) is 4.98 Å². The molecule has 1 aliphatic rings. The minimum atomic E-state index is -0.195. The molecule has 1 aromatic rings. The van der Waals surface area contributed by atoms with Crippen molar-refractivity contribution in [3.63, 3.8) is 0 Å². The van der Waals surface area contributed by atoms with Gasteiger partial charge < -0.3 is 15.4 Å². The van der Waals surface area contributed by atoms with Gasteiger partial charge in [-0.25, -0.2) is 4.98 Å². The van der Waals surface area contributed by atoms with Gasteiger partial charge in [0.05, 0.1) is 12.7 Å². The average molecular weight is 307 g/mol. The summed E-state index contributed by atoms with van der Waals surface area (Å²) >= 11 is 5.15. The van der Waals surface area contributed by atoms with Crippen molar-refractivity contribution in [2.75, 3.05) is 25.6 Å². The highest BCUT2D eigenvalue weighted by Crippen LogP contribution is 2.27. The third-order valence-corrected chi connectivity index (χ3v) is 3.98. The molecule has 21 heavy (non-hydrogen) atoms. The standard InChI is InChI=1S/C15H21N3O2S/c1-18(8-4-7-13(19)20-2)15-11(14(16)21)9-10-5-3-6-12(10)17-15/h9H,3-8H2,1-2H3,(H2,16,21). The fraction of sp³-hybridized carbons (Fsp3) is 0.533. The number of rotatable bonds is 6. The van der Waals surface area contributed by atoms with E-state index in [4.69, 9.17) is 22.9 Å². The average Bonchev–Trinajstić information content (AvgIpc) is 2.92. The van der Waals surface area contributed by atoms with Gasteiger partial charge in [0.25, 0.3) is 0 Å². The van der Waals surface area contributed by atoms with Gasteiger partial charge in [0.1, 0.15) is 10.8 Å². The molecule has 6 heteroatoms. The first-order valence-corrected chi connectivity index (χ1v) is 7.54. The Morgan fingerprint density at radius 3 is 2.95 bits per heavy atom. The molecular formula is C15H21N3O2S. The topological polar surface area (TPSA) is 68.5 Å². The second-order valence-corrected chi connectivity index (χ2v) is 5.72. The van der Waals surface area contributed by atoms with Crippen LogP contribution in [0.15, 0.2) is 6.07 Å². The molecule has 0 bridgehead atoms. The van der Waals surface area contributed by atoms with Crippen LogP contribution in [0.3, 0.4) is 0 Å². The van der Waals surface area contributed by atoms with E-state index in [1.54, 1.807) is 0 Å². The molecule has 1 aliphatic carbocycles. The third kappa shape index (κ3) is 3.69. The Balaban J connectivity index is 2.14. The smallest absolute Gasteiger partial charge is 0.305 e. The SMILES string of the molecule is COC(=O)CCCN(C)c1nc2c(cc1C(N)=S)CCC2. The zero-order valence-electron chi connectivity index (χ0n) is 12.5. The van der Waals surface area contributed by atoms with Crippen molar-refractivity contribution >= 4 is 29.0 Å². The van der Waals surface area contributed by atoms with Crippen molar-refractivity contribution in [2.24, 2.45) is 5.73 Å². The number of esters is 1. The number of hydrogen-bond acceptors (Lipinski definition) is 5. The highest BCUT2D eigenvalue weighted by atomic mass is 32.1. The minimum Gasteiger partial charge on any atom is -0.469 e. The van der Waals surface area contributed by atoms with Crippen LogP contribution < -0.4 is 10.6 Å². The van der Waals surface area contributed by atoms with E-state index in [1.807, 2.05) is 11.9 Å². The summed E-state index contributed by atoms with van der Waals surface area (Å²) in [4.78, 5) is 18.3. The van der Waals surface area contributed by atoms with E-state index < -0.39 is 0 Å².